The van der Waals surface area contributed by atoms with E-state index in [1.165, 1.54) is 135 Å². The van der Waals surface area contributed by atoms with Crippen molar-refractivity contribution in [1.82, 2.24) is 0 Å². The highest BCUT2D eigenvalue weighted by molar-refractivity contribution is 5.70. The SMILES string of the molecule is CC/C=C\C/C=C\C/C=C\C/C=C\C/C=C\CCCC(=O)OCC(COCCCCCCCCCCCCCC)OC(=O)CCCCCCCCCCCCCCC. The van der Waals surface area contributed by atoms with Crippen LogP contribution in [0.1, 0.15) is 239 Å². The number of esters is 2. The van der Waals surface area contributed by atoms with Crippen molar-refractivity contribution in [2.24, 2.45) is 0 Å². The maximum atomic E-state index is 12.8. The summed E-state index contributed by atoms with van der Waals surface area (Å²) in [7, 11) is 0. The molecule has 0 aromatic heterocycles. The first-order chi connectivity index (χ1) is 28.6. The van der Waals surface area contributed by atoms with Crippen LogP contribution in [0, 0.1) is 0 Å². The normalized spacial score (nSPS) is 12.7. The fraction of sp³-hybridized carbons (Fsp3) is 0.774. The molecule has 1 atom stereocenters. The lowest BCUT2D eigenvalue weighted by atomic mass is 10.0. The van der Waals surface area contributed by atoms with Crippen LogP contribution >= 0.6 is 0 Å². The summed E-state index contributed by atoms with van der Waals surface area (Å²) in [5.74, 6) is -0.456. The number of rotatable bonds is 45. The maximum absolute atomic E-state index is 12.8. The first-order valence-corrected chi connectivity index (χ1v) is 24.8. The van der Waals surface area contributed by atoms with Crippen LogP contribution in [0.2, 0.25) is 0 Å². The highest BCUT2D eigenvalue weighted by Crippen LogP contribution is 2.15. The lowest BCUT2D eigenvalue weighted by Crippen LogP contribution is -2.30. The number of ether oxygens (including phenoxy) is 3. The van der Waals surface area contributed by atoms with E-state index in [1.807, 2.05) is 0 Å². The average Bonchev–Trinajstić information content (AvgIpc) is 3.22. The zero-order valence-electron chi connectivity index (χ0n) is 38.6. The fourth-order valence-corrected chi connectivity index (χ4v) is 6.90. The second-order valence-corrected chi connectivity index (χ2v) is 16.4. The van der Waals surface area contributed by atoms with Crippen LogP contribution < -0.4 is 0 Å². The molecule has 0 aliphatic rings. The summed E-state index contributed by atoms with van der Waals surface area (Å²) in [5, 5.41) is 0. The molecule has 0 fully saturated rings. The molecule has 0 aliphatic heterocycles. The van der Waals surface area contributed by atoms with E-state index in [0.29, 0.717) is 19.4 Å². The Morgan fingerprint density at radius 3 is 1.22 bits per heavy atom. The summed E-state index contributed by atoms with van der Waals surface area (Å²) in [4.78, 5) is 25.3. The summed E-state index contributed by atoms with van der Waals surface area (Å²) < 4.78 is 17.3. The Kier molecular flexibility index (Phi) is 46.9. The molecule has 0 rings (SSSR count). The smallest absolute Gasteiger partial charge is 0.306 e. The Balaban J connectivity index is 4.33. The molecule has 0 N–H and O–H groups in total. The van der Waals surface area contributed by atoms with Crippen LogP contribution in [-0.4, -0.2) is 37.9 Å². The fourth-order valence-electron chi connectivity index (χ4n) is 6.90. The Morgan fingerprint density at radius 2 is 0.776 bits per heavy atom. The molecule has 0 radical (unpaired) electrons. The van der Waals surface area contributed by atoms with Crippen LogP contribution in [0.15, 0.2) is 60.8 Å². The third kappa shape index (κ3) is 46.3. The van der Waals surface area contributed by atoms with Gasteiger partial charge >= 0.3 is 11.9 Å². The molecule has 0 amide bonds. The van der Waals surface area contributed by atoms with Crippen molar-refractivity contribution in [3.63, 3.8) is 0 Å². The summed E-state index contributed by atoms with van der Waals surface area (Å²) in [6.07, 6.45) is 60.8. The molecule has 0 bridgehead atoms. The maximum Gasteiger partial charge on any atom is 0.306 e. The topological polar surface area (TPSA) is 61.8 Å². The first-order valence-electron chi connectivity index (χ1n) is 24.8. The van der Waals surface area contributed by atoms with E-state index >= 15 is 0 Å². The Bertz CT molecular complexity index is 1010. The van der Waals surface area contributed by atoms with E-state index in [1.54, 1.807) is 0 Å². The van der Waals surface area contributed by atoms with Crippen molar-refractivity contribution in [1.29, 1.82) is 0 Å². The summed E-state index contributed by atoms with van der Waals surface area (Å²) in [5.41, 5.74) is 0. The average molecular weight is 811 g/mol. The van der Waals surface area contributed by atoms with Gasteiger partial charge in [-0.2, -0.15) is 0 Å². The highest BCUT2D eigenvalue weighted by atomic mass is 16.6. The number of hydrogen-bond acceptors (Lipinski definition) is 5. The van der Waals surface area contributed by atoms with Crippen molar-refractivity contribution in [3.05, 3.63) is 60.8 Å². The number of carbonyl (C=O) groups is 2. The van der Waals surface area contributed by atoms with Crippen LogP contribution in [0.3, 0.4) is 0 Å². The second-order valence-electron chi connectivity index (χ2n) is 16.4. The second kappa shape index (κ2) is 49.0. The van der Waals surface area contributed by atoms with Crippen molar-refractivity contribution in [2.75, 3.05) is 19.8 Å². The lowest BCUT2D eigenvalue weighted by molar-refractivity contribution is -0.163. The van der Waals surface area contributed by atoms with Gasteiger partial charge in [0.1, 0.15) is 6.61 Å². The molecule has 1 unspecified atom stereocenters. The molecule has 336 valence electrons. The predicted molar refractivity (Wildman–Crippen MR) is 251 cm³/mol. The molecule has 0 saturated carbocycles. The molecule has 0 aromatic rings. The third-order valence-electron chi connectivity index (χ3n) is 10.6. The van der Waals surface area contributed by atoms with Gasteiger partial charge in [0, 0.05) is 19.4 Å². The van der Waals surface area contributed by atoms with Crippen molar-refractivity contribution < 1.29 is 23.8 Å². The van der Waals surface area contributed by atoms with Crippen molar-refractivity contribution in [3.8, 4) is 0 Å². The Morgan fingerprint density at radius 1 is 0.397 bits per heavy atom. The van der Waals surface area contributed by atoms with E-state index in [0.717, 1.165) is 70.6 Å². The summed E-state index contributed by atoms with van der Waals surface area (Å²) in [6.45, 7) is 7.68. The number of hydrogen-bond donors (Lipinski definition) is 0. The van der Waals surface area contributed by atoms with Gasteiger partial charge in [0.25, 0.3) is 0 Å². The van der Waals surface area contributed by atoms with Gasteiger partial charge in [0.2, 0.25) is 0 Å². The molecule has 0 aliphatic carbocycles. The zero-order chi connectivity index (χ0) is 42.1. The molecule has 0 saturated heterocycles. The van der Waals surface area contributed by atoms with Crippen molar-refractivity contribution in [2.45, 2.75) is 245 Å². The van der Waals surface area contributed by atoms with Gasteiger partial charge in [-0.1, -0.05) is 229 Å². The number of unbranched alkanes of at least 4 members (excludes halogenated alkanes) is 24. The van der Waals surface area contributed by atoms with Gasteiger partial charge in [-0.05, 0) is 57.8 Å². The molecule has 0 spiro atoms. The molecular weight excluding hydrogens is 717 g/mol. The standard InChI is InChI=1S/C53H94O5/c1-4-7-10-13-16-19-22-25-26-27-28-30-31-34-37-40-43-46-52(54)57-50-51(49-56-48-45-42-39-36-33-24-21-18-15-12-9-6-3)58-53(55)47-44-41-38-35-32-29-23-20-17-14-11-8-5-2/h7,10,16,19,25-26,28,30,34,37,51H,4-6,8-9,11-15,17-18,20-24,27,29,31-33,35-36,38-50H2,1-3H3/b10-7-,19-16-,26-25-,30-28-,37-34-. The molecular formula is C53H94O5. The van der Waals surface area contributed by atoms with E-state index in [4.69, 9.17) is 14.2 Å². The minimum absolute atomic E-state index is 0.0588. The predicted octanol–water partition coefficient (Wildman–Crippen LogP) is 16.6. The van der Waals surface area contributed by atoms with Gasteiger partial charge in [0.15, 0.2) is 6.10 Å². The molecule has 58 heavy (non-hydrogen) atoms. The monoisotopic (exact) mass is 811 g/mol. The van der Waals surface area contributed by atoms with Gasteiger partial charge in [-0.15, -0.1) is 0 Å². The minimum Gasteiger partial charge on any atom is -0.462 e. The quantitative estimate of drug-likeness (QED) is 0.0348. The first kappa shape index (κ1) is 55.6. The van der Waals surface area contributed by atoms with Crippen molar-refractivity contribution >= 4 is 11.9 Å². The molecule has 0 aromatic carbocycles. The Hall–Kier alpha value is -2.40. The molecule has 5 nitrogen and oxygen atoms in total. The molecule has 5 heteroatoms. The largest absolute Gasteiger partial charge is 0.462 e. The van der Waals surface area contributed by atoms with Crippen LogP contribution in [-0.2, 0) is 23.8 Å². The van der Waals surface area contributed by atoms with E-state index in [9.17, 15) is 9.59 Å². The van der Waals surface area contributed by atoms with E-state index in [-0.39, 0.29) is 25.2 Å². The van der Waals surface area contributed by atoms with Crippen LogP contribution in [0.25, 0.3) is 0 Å². The zero-order valence-corrected chi connectivity index (χ0v) is 38.6. The minimum atomic E-state index is -0.554. The van der Waals surface area contributed by atoms with E-state index in [2.05, 4.69) is 81.5 Å². The Labute approximate surface area is 360 Å². The van der Waals surface area contributed by atoms with Crippen LogP contribution in [0.5, 0.6) is 0 Å². The molecule has 0 heterocycles. The van der Waals surface area contributed by atoms with Gasteiger partial charge in [-0.3, -0.25) is 9.59 Å². The van der Waals surface area contributed by atoms with E-state index < -0.39 is 6.10 Å². The van der Waals surface area contributed by atoms with Gasteiger partial charge in [0.05, 0.1) is 6.61 Å². The van der Waals surface area contributed by atoms with Gasteiger partial charge < -0.3 is 14.2 Å². The third-order valence-corrected chi connectivity index (χ3v) is 10.6. The summed E-state index contributed by atoms with van der Waals surface area (Å²) in [6, 6.07) is 0. The lowest BCUT2D eigenvalue weighted by Gasteiger charge is -2.18. The van der Waals surface area contributed by atoms with Crippen LogP contribution in [0.4, 0.5) is 0 Å². The highest BCUT2D eigenvalue weighted by Gasteiger charge is 2.17. The number of allylic oxidation sites excluding steroid dienone is 10. The van der Waals surface area contributed by atoms with Gasteiger partial charge in [-0.25, -0.2) is 0 Å². The summed E-state index contributed by atoms with van der Waals surface area (Å²) >= 11 is 0. The number of carbonyl (C=O) groups excluding carboxylic acids is 2.